The van der Waals surface area contributed by atoms with Crippen LogP contribution in [0, 0.1) is 0 Å². The van der Waals surface area contributed by atoms with E-state index in [4.69, 9.17) is 11.6 Å². The Kier molecular flexibility index (Phi) is 15.2. The van der Waals surface area contributed by atoms with E-state index in [1.165, 1.54) is 62.7 Å². The number of carbonyl (C=O) groups excluding carboxylic acids is 4. The van der Waals surface area contributed by atoms with E-state index in [0.717, 1.165) is 36.1 Å². The molecule has 3 aromatic carbocycles. The molecule has 0 radical (unpaired) electrons. The molecular formula is C42H51ClN6O5. The first-order chi connectivity index (χ1) is 26.3. The van der Waals surface area contributed by atoms with Crippen molar-refractivity contribution in [3.8, 4) is 0 Å². The van der Waals surface area contributed by atoms with Gasteiger partial charge in [-0.15, -0.1) is 0 Å². The Morgan fingerprint density at radius 1 is 0.759 bits per heavy atom. The quantitative estimate of drug-likeness (QED) is 0.0572. The number of hydrogen-bond acceptors (Lipinski definition) is 6. The number of benzene rings is 3. The fraction of sp³-hybridized carbons (Fsp3) is 0.429. The van der Waals surface area contributed by atoms with Gasteiger partial charge in [-0.25, -0.2) is 14.7 Å². The fourth-order valence-corrected chi connectivity index (χ4v) is 6.98. The van der Waals surface area contributed by atoms with Crippen LogP contribution in [0.25, 0.3) is 10.9 Å². The molecular weight excluding hydrogens is 704 g/mol. The number of imide groups is 1. The van der Waals surface area contributed by atoms with E-state index in [0.29, 0.717) is 6.42 Å². The summed E-state index contributed by atoms with van der Waals surface area (Å²) in [7, 11) is 0. The number of aromatic nitrogens is 2. The first-order valence-corrected chi connectivity index (χ1v) is 19.7. The van der Waals surface area contributed by atoms with E-state index in [9.17, 15) is 24.0 Å². The minimum atomic E-state index is -1.66. The fourth-order valence-electron chi connectivity index (χ4n) is 6.80. The number of nitrogens with one attached hydrogen (secondary N) is 3. The molecule has 1 atom stereocenters. The van der Waals surface area contributed by atoms with Crippen molar-refractivity contribution in [2.24, 2.45) is 0 Å². The van der Waals surface area contributed by atoms with Crippen molar-refractivity contribution in [2.75, 3.05) is 17.2 Å². The zero-order chi connectivity index (χ0) is 38.3. The molecule has 12 heteroatoms. The Morgan fingerprint density at radius 3 is 2.04 bits per heavy atom. The molecule has 0 spiro atoms. The highest BCUT2D eigenvalue weighted by atomic mass is 35.5. The summed E-state index contributed by atoms with van der Waals surface area (Å²) in [4.78, 5) is 77.4. The molecule has 1 fully saturated rings. The molecule has 0 aliphatic carbocycles. The summed E-state index contributed by atoms with van der Waals surface area (Å²) in [5, 5.41) is 6.00. The number of nitrogens with zero attached hydrogens (tertiary/aromatic N) is 3. The van der Waals surface area contributed by atoms with Crippen LogP contribution in [-0.4, -0.2) is 50.1 Å². The maximum Gasteiger partial charge on any atom is 0.328 e. The number of para-hydroxylation sites is 2. The van der Waals surface area contributed by atoms with Crippen LogP contribution >= 0.6 is 11.6 Å². The van der Waals surface area contributed by atoms with Gasteiger partial charge in [-0.2, -0.15) is 0 Å². The molecule has 3 N–H and O–H groups in total. The van der Waals surface area contributed by atoms with Crippen molar-refractivity contribution < 1.29 is 19.2 Å². The van der Waals surface area contributed by atoms with E-state index in [1.807, 2.05) is 30.3 Å². The molecule has 1 saturated heterocycles. The van der Waals surface area contributed by atoms with Crippen molar-refractivity contribution in [2.45, 2.75) is 109 Å². The third-order valence-corrected chi connectivity index (χ3v) is 10.1. The van der Waals surface area contributed by atoms with Gasteiger partial charge >= 0.3 is 6.03 Å². The van der Waals surface area contributed by atoms with Gasteiger partial charge < -0.3 is 20.5 Å². The molecule has 1 aliphatic heterocycles. The van der Waals surface area contributed by atoms with Crippen molar-refractivity contribution in [1.29, 1.82) is 0 Å². The first kappa shape index (κ1) is 40.2. The van der Waals surface area contributed by atoms with Gasteiger partial charge in [0.05, 0.1) is 21.8 Å². The minimum absolute atomic E-state index is 0.130. The average Bonchev–Trinajstić information content (AvgIpc) is 3.43. The number of rotatable bonds is 21. The molecule has 4 aromatic rings. The molecule has 286 valence electrons. The molecule has 2 heterocycles. The number of unbranched alkanes of at least 4 members (excludes halogenated alkanes) is 12. The third-order valence-electron chi connectivity index (χ3n) is 9.72. The van der Waals surface area contributed by atoms with Gasteiger partial charge in [0, 0.05) is 13.0 Å². The number of H-pyrrole nitrogens is 1. The van der Waals surface area contributed by atoms with Crippen LogP contribution in [0.2, 0.25) is 5.02 Å². The van der Waals surface area contributed by atoms with Crippen LogP contribution in [0.15, 0.2) is 77.6 Å². The SMILES string of the molecule is CCCCCCCCCCCCCCCC(=O)Nc1cccc2c(=O)[nH]c(C(C(=O)Nc3ccccc3Cl)N3C(=O)CN(Cc4ccccc4)C3=O)nc12. The van der Waals surface area contributed by atoms with Crippen LogP contribution in [0.1, 0.15) is 114 Å². The van der Waals surface area contributed by atoms with Crippen LogP contribution < -0.4 is 16.2 Å². The Hall–Kier alpha value is -5.03. The second-order valence-corrected chi connectivity index (χ2v) is 14.4. The van der Waals surface area contributed by atoms with Gasteiger partial charge in [0.1, 0.15) is 17.9 Å². The molecule has 1 aromatic heterocycles. The van der Waals surface area contributed by atoms with Gasteiger partial charge in [0.2, 0.25) is 5.91 Å². The number of urea groups is 1. The Labute approximate surface area is 321 Å². The largest absolute Gasteiger partial charge is 0.328 e. The highest BCUT2D eigenvalue weighted by molar-refractivity contribution is 6.33. The molecule has 0 bridgehead atoms. The molecule has 1 unspecified atom stereocenters. The Balaban J connectivity index is 1.28. The summed E-state index contributed by atoms with van der Waals surface area (Å²) < 4.78 is 0. The lowest BCUT2D eigenvalue weighted by atomic mass is 10.0. The van der Waals surface area contributed by atoms with Crippen molar-refractivity contribution in [3.63, 3.8) is 0 Å². The smallest absolute Gasteiger partial charge is 0.324 e. The highest BCUT2D eigenvalue weighted by Gasteiger charge is 2.45. The van der Waals surface area contributed by atoms with E-state index in [2.05, 4.69) is 27.5 Å². The summed E-state index contributed by atoms with van der Waals surface area (Å²) in [6.45, 7) is 2.10. The number of anilines is 2. The second kappa shape index (κ2) is 20.4. The molecule has 1 aliphatic rings. The second-order valence-electron chi connectivity index (χ2n) is 14.0. The zero-order valence-electron chi connectivity index (χ0n) is 31.1. The van der Waals surface area contributed by atoms with E-state index in [-0.39, 0.29) is 52.1 Å². The molecule has 5 rings (SSSR count). The van der Waals surface area contributed by atoms with E-state index < -0.39 is 29.4 Å². The monoisotopic (exact) mass is 754 g/mol. The maximum absolute atomic E-state index is 14.1. The number of carbonyl (C=O) groups is 4. The zero-order valence-corrected chi connectivity index (χ0v) is 31.8. The van der Waals surface area contributed by atoms with Crippen LogP contribution in [0.4, 0.5) is 16.2 Å². The normalized spacial score (nSPS) is 13.4. The van der Waals surface area contributed by atoms with Crippen LogP contribution in [-0.2, 0) is 20.9 Å². The Bertz CT molecular complexity index is 1950. The third kappa shape index (κ3) is 11.0. The van der Waals surface area contributed by atoms with E-state index in [1.54, 1.807) is 42.5 Å². The van der Waals surface area contributed by atoms with Gasteiger partial charge in [0.25, 0.3) is 17.4 Å². The highest BCUT2D eigenvalue weighted by Crippen LogP contribution is 2.30. The summed E-state index contributed by atoms with van der Waals surface area (Å²) in [6, 6.07) is 18.1. The predicted octanol–water partition coefficient (Wildman–Crippen LogP) is 9.14. The number of hydrogen-bond donors (Lipinski definition) is 3. The molecule has 0 saturated carbocycles. The summed E-state index contributed by atoms with van der Waals surface area (Å²) in [5.74, 6) is -1.91. The topological polar surface area (TPSA) is 145 Å². The molecule has 5 amide bonds. The van der Waals surface area contributed by atoms with Crippen molar-refractivity contribution in [1.82, 2.24) is 19.8 Å². The number of aromatic amines is 1. The average molecular weight is 755 g/mol. The lowest BCUT2D eigenvalue weighted by Crippen LogP contribution is -2.43. The standard InChI is InChI=1S/C42H51ClN6O5/c1-2-3-4-5-6-7-8-9-10-11-12-13-17-27-35(50)44-34-26-20-23-31-37(34)46-39(47-40(31)52)38(41(53)45-33-25-19-18-24-32(33)43)49-36(51)29-48(42(49)54)28-30-21-15-14-16-22-30/h14-16,18-26,38H,2-13,17,27-29H2,1H3,(H,44,50)(H,45,53)(H,46,47,52). The summed E-state index contributed by atoms with van der Waals surface area (Å²) in [5.41, 5.74) is 0.867. The minimum Gasteiger partial charge on any atom is -0.324 e. The van der Waals surface area contributed by atoms with Gasteiger partial charge in [0.15, 0.2) is 6.04 Å². The van der Waals surface area contributed by atoms with Crippen molar-refractivity contribution in [3.05, 3.63) is 99.6 Å². The summed E-state index contributed by atoms with van der Waals surface area (Å²) in [6.07, 6.45) is 16.0. The lowest BCUT2D eigenvalue weighted by molar-refractivity contribution is -0.132. The van der Waals surface area contributed by atoms with Crippen LogP contribution in [0.3, 0.4) is 0 Å². The number of amides is 5. The lowest BCUT2D eigenvalue weighted by Gasteiger charge is -2.25. The first-order valence-electron chi connectivity index (χ1n) is 19.3. The number of halogens is 1. The van der Waals surface area contributed by atoms with Gasteiger partial charge in [-0.1, -0.05) is 144 Å². The number of fused-ring (bicyclic) bond motifs is 1. The summed E-state index contributed by atoms with van der Waals surface area (Å²) >= 11 is 6.34. The van der Waals surface area contributed by atoms with Gasteiger partial charge in [-0.3, -0.25) is 19.2 Å². The maximum atomic E-state index is 14.1. The predicted molar refractivity (Wildman–Crippen MR) is 213 cm³/mol. The molecule has 11 nitrogen and oxygen atoms in total. The van der Waals surface area contributed by atoms with Crippen molar-refractivity contribution >= 4 is 57.6 Å². The van der Waals surface area contributed by atoms with Gasteiger partial charge in [-0.05, 0) is 36.2 Å². The van der Waals surface area contributed by atoms with E-state index >= 15 is 0 Å². The Morgan fingerprint density at radius 2 is 1.37 bits per heavy atom. The molecule has 54 heavy (non-hydrogen) atoms. The van der Waals surface area contributed by atoms with Crippen LogP contribution in [0.5, 0.6) is 0 Å².